The van der Waals surface area contributed by atoms with Crippen LogP contribution in [0.3, 0.4) is 0 Å². The van der Waals surface area contributed by atoms with Crippen molar-refractivity contribution >= 4 is 65.4 Å². The van der Waals surface area contributed by atoms with Crippen LogP contribution < -0.4 is 0 Å². The summed E-state index contributed by atoms with van der Waals surface area (Å²) >= 11 is 0. The highest BCUT2D eigenvalue weighted by molar-refractivity contribution is 6.26. The van der Waals surface area contributed by atoms with Gasteiger partial charge in [0.05, 0.1) is 56.4 Å². The third-order valence-electron chi connectivity index (χ3n) is 9.83. The Balaban J connectivity index is 1.35. The number of rotatable bonds is 3. The van der Waals surface area contributed by atoms with Crippen molar-refractivity contribution in [2.24, 2.45) is 0 Å². The number of nitriles is 2. The molecule has 0 saturated carbocycles. The van der Waals surface area contributed by atoms with E-state index in [9.17, 15) is 10.5 Å². The quantitative estimate of drug-likeness (QED) is 0.197. The molecule has 5 heteroatoms. The lowest BCUT2D eigenvalue weighted by Gasteiger charge is -2.14. The average Bonchev–Trinajstić information content (AvgIpc) is 3.80. The highest BCUT2D eigenvalue weighted by Gasteiger charge is 2.22. The minimum absolute atomic E-state index is 0.567. The first kappa shape index (κ1) is 27.1. The molecule has 0 spiro atoms. The van der Waals surface area contributed by atoms with Crippen molar-refractivity contribution in [2.75, 3.05) is 0 Å². The zero-order valence-corrected chi connectivity index (χ0v) is 26.2. The molecule has 7 aromatic carbocycles. The first-order valence-corrected chi connectivity index (χ1v) is 16.2. The molecule has 0 aliphatic carbocycles. The highest BCUT2D eigenvalue weighted by atomic mass is 15.0. The molecule has 0 aliphatic rings. The van der Waals surface area contributed by atoms with Crippen LogP contribution in [0.5, 0.6) is 0 Å². The molecule has 3 heterocycles. The van der Waals surface area contributed by atoms with Crippen LogP contribution in [0, 0.1) is 22.7 Å². The lowest BCUT2D eigenvalue weighted by atomic mass is 10.1. The van der Waals surface area contributed by atoms with Crippen molar-refractivity contribution in [3.05, 3.63) is 163 Å². The van der Waals surface area contributed by atoms with E-state index in [1.54, 1.807) is 0 Å². The highest BCUT2D eigenvalue weighted by Crippen LogP contribution is 2.42. The first-order valence-electron chi connectivity index (χ1n) is 16.2. The summed E-state index contributed by atoms with van der Waals surface area (Å²) in [4.78, 5) is 0. The van der Waals surface area contributed by atoms with Gasteiger partial charge in [0.15, 0.2) is 0 Å². The largest absolute Gasteiger partial charge is 0.309 e. The number of fused-ring (bicyclic) bond motifs is 10. The van der Waals surface area contributed by atoms with Crippen molar-refractivity contribution in [1.29, 1.82) is 10.5 Å². The van der Waals surface area contributed by atoms with Gasteiger partial charge in [-0.3, -0.25) is 0 Å². The van der Waals surface area contributed by atoms with E-state index in [0.29, 0.717) is 11.1 Å². The summed E-state index contributed by atoms with van der Waals surface area (Å²) in [6, 6.07) is 57.1. The number of hydrogen-bond acceptors (Lipinski definition) is 2. The van der Waals surface area contributed by atoms with Crippen LogP contribution in [-0.4, -0.2) is 13.7 Å². The number of hydrogen-bond donors (Lipinski definition) is 0. The van der Waals surface area contributed by atoms with Crippen LogP contribution in [-0.2, 0) is 0 Å². The predicted molar refractivity (Wildman–Crippen MR) is 199 cm³/mol. The summed E-state index contributed by atoms with van der Waals surface area (Å²) in [5.74, 6) is 0. The molecular formula is C44H25N5. The van der Waals surface area contributed by atoms with Crippen LogP contribution in [0.2, 0.25) is 0 Å². The lowest BCUT2D eigenvalue weighted by molar-refractivity contribution is 1.13. The molecule has 0 fully saturated rings. The maximum atomic E-state index is 10.4. The second-order valence-electron chi connectivity index (χ2n) is 12.4. The summed E-state index contributed by atoms with van der Waals surface area (Å²) in [6.07, 6.45) is 0. The Bertz CT molecular complexity index is 3070. The Hall–Kier alpha value is -7.08. The molecule has 0 aliphatic heterocycles. The van der Waals surface area contributed by atoms with Crippen molar-refractivity contribution in [3.63, 3.8) is 0 Å². The summed E-state index contributed by atoms with van der Waals surface area (Å²) in [7, 11) is 0. The normalized spacial score (nSPS) is 11.6. The molecule has 10 aromatic rings. The number of nitrogens with zero attached hydrogens (tertiary/aromatic N) is 5. The van der Waals surface area contributed by atoms with E-state index in [1.165, 1.54) is 5.39 Å². The fourth-order valence-corrected chi connectivity index (χ4v) is 7.87. The van der Waals surface area contributed by atoms with Gasteiger partial charge in [-0.15, -0.1) is 0 Å². The maximum Gasteiger partial charge on any atom is 0.0993 e. The Morgan fingerprint density at radius 3 is 1.59 bits per heavy atom. The van der Waals surface area contributed by atoms with Gasteiger partial charge in [0.2, 0.25) is 0 Å². The van der Waals surface area contributed by atoms with E-state index in [0.717, 1.165) is 77.1 Å². The van der Waals surface area contributed by atoms with Gasteiger partial charge in [0.25, 0.3) is 0 Å². The van der Waals surface area contributed by atoms with Crippen LogP contribution in [0.4, 0.5) is 0 Å². The third kappa shape index (κ3) is 3.79. The smallest absolute Gasteiger partial charge is 0.0993 e. The lowest BCUT2D eigenvalue weighted by Crippen LogP contribution is -2.00. The Labute approximate surface area is 280 Å². The fraction of sp³-hybridized carbons (Fsp3) is 0. The Kier molecular flexibility index (Phi) is 5.64. The van der Waals surface area contributed by atoms with Gasteiger partial charge >= 0.3 is 0 Å². The topological polar surface area (TPSA) is 62.4 Å². The van der Waals surface area contributed by atoms with E-state index in [-0.39, 0.29) is 0 Å². The molecule has 0 N–H and O–H groups in total. The Morgan fingerprint density at radius 2 is 0.878 bits per heavy atom. The van der Waals surface area contributed by atoms with Crippen LogP contribution in [0.15, 0.2) is 152 Å². The van der Waals surface area contributed by atoms with Crippen molar-refractivity contribution in [3.8, 4) is 29.2 Å². The molecule has 226 valence electrons. The van der Waals surface area contributed by atoms with E-state index in [4.69, 9.17) is 0 Å². The molecule has 0 amide bonds. The molecule has 0 bridgehead atoms. The molecular weight excluding hydrogens is 599 g/mol. The molecule has 0 unspecified atom stereocenters. The van der Waals surface area contributed by atoms with E-state index >= 15 is 0 Å². The van der Waals surface area contributed by atoms with Gasteiger partial charge in [0.1, 0.15) is 0 Å². The van der Waals surface area contributed by atoms with E-state index in [1.807, 2.05) is 48.5 Å². The molecule has 0 saturated heterocycles. The van der Waals surface area contributed by atoms with Gasteiger partial charge in [-0.2, -0.15) is 10.5 Å². The number of benzene rings is 7. The molecule has 3 aromatic heterocycles. The van der Waals surface area contributed by atoms with Gasteiger partial charge in [0, 0.05) is 49.4 Å². The zero-order chi connectivity index (χ0) is 32.6. The summed E-state index contributed by atoms with van der Waals surface area (Å²) < 4.78 is 6.89. The number of para-hydroxylation sites is 4. The van der Waals surface area contributed by atoms with Gasteiger partial charge in [-0.25, -0.2) is 0 Å². The van der Waals surface area contributed by atoms with Crippen molar-refractivity contribution < 1.29 is 0 Å². The molecule has 5 nitrogen and oxygen atoms in total. The Morgan fingerprint density at radius 1 is 0.347 bits per heavy atom. The summed E-state index contributed by atoms with van der Waals surface area (Å²) in [5, 5.41) is 26.8. The molecule has 0 radical (unpaired) electrons. The summed E-state index contributed by atoms with van der Waals surface area (Å²) in [5.41, 5.74) is 10.5. The van der Waals surface area contributed by atoms with Gasteiger partial charge in [-0.1, -0.05) is 78.9 Å². The number of aromatic nitrogens is 3. The second kappa shape index (κ2) is 10.2. The summed E-state index contributed by atoms with van der Waals surface area (Å²) in [6.45, 7) is 0. The second-order valence-corrected chi connectivity index (χ2v) is 12.4. The molecule has 0 atom stereocenters. The maximum absolute atomic E-state index is 10.4. The van der Waals surface area contributed by atoms with Crippen LogP contribution in [0.25, 0.3) is 82.5 Å². The van der Waals surface area contributed by atoms with E-state index < -0.39 is 0 Å². The fourth-order valence-electron chi connectivity index (χ4n) is 7.87. The van der Waals surface area contributed by atoms with Crippen LogP contribution >= 0.6 is 0 Å². The van der Waals surface area contributed by atoms with Crippen molar-refractivity contribution in [2.45, 2.75) is 0 Å². The van der Waals surface area contributed by atoms with Gasteiger partial charge < -0.3 is 13.7 Å². The van der Waals surface area contributed by atoms with E-state index in [2.05, 4.69) is 129 Å². The minimum Gasteiger partial charge on any atom is -0.309 e. The standard InChI is InChI=1S/C44H25N5/c45-26-28-18-20-41-37(24-28)34-13-5-7-15-38(34)48(41)31-22-29(27-46)23-32(25-31)49-39-16-8-4-12-33(39)35-19-21-42-43(44(35)49)36-14-6-9-17-40(36)47(42)30-10-2-1-3-11-30/h1-25H. The first-order chi connectivity index (χ1) is 24.2. The molecule has 49 heavy (non-hydrogen) atoms. The predicted octanol–water partition coefficient (Wildman–Crippen LogP) is 10.7. The third-order valence-corrected chi connectivity index (χ3v) is 9.83. The van der Waals surface area contributed by atoms with Crippen molar-refractivity contribution in [1.82, 2.24) is 13.7 Å². The average molecular weight is 624 g/mol. The molecule has 10 rings (SSSR count). The van der Waals surface area contributed by atoms with Crippen LogP contribution in [0.1, 0.15) is 11.1 Å². The minimum atomic E-state index is 0.567. The monoisotopic (exact) mass is 623 g/mol. The van der Waals surface area contributed by atoms with Gasteiger partial charge in [-0.05, 0) is 72.8 Å². The zero-order valence-electron chi connectivity index (χ0n) is 26.2. The SMILES string of the molecule is N#Cc1cc(-n2c3ccccc3c3cc(C#N)ccc32)cc(-n2c3ccccc3c3ccc4c(c5ccccc5n4-c4ccccc4)c32)c1.